The van der Waals surface area contributed by atoms with Gasteiger partial charge in [0.2, 0.25) is 11.8 Å². The van der Waals surface area contributed by atoms with Crippen molar-refractivity contribution in [2.45, 2.75) is 13.0 Å². The quantitative estimate of drug-likeness (QED) is 0.715. The Morgan fingerprint density at radius 1 is 1.19 bits per heavy atom. The van der Waals surface area contributed by atoms with Gasteiger partial charge < -0.3 is 10.2 Å². The molecule has 0 bridgehead atoms. The third-order valence-corrected chi connectivity index (χ3v) is 5.51. The number of nitrogens with one attached hydrogen (secondary N) is 1. The lowest BCUT2D eigenvalue weighted by Crippen LogP contribution is -2.34. The van der Waals surface area contributed by atoms with Crippen LogP contribution in [-0.4, -0.2) is 34.7 Å². The van der Waals surface area contributed by atoms with E-state index < -0.39 is 0 Å². The highest BCUT2D eigenvalue weighted by molar-refractivity contribution is 7.13. The molecule has 0 spiro atoms. The average molecular weight is 380 g/mol. The van der Waals surface area contributed by atoms with Gasteiger partial charge in [-0.3, -0.25) is 14.3 Å². The largest absolute Gasteiger partial charge is 0.354 e. The molecular weight excluding hydrogens is 360 g/mol. The first-order chi connectivity index (χ1) is 13.2. The minimum atomic E-state index is -0.308. The second-order valence-electron chi connectivity index (χ2n) is 6.47. The van der Waals surface area contributed by atoms with E-state index in [1.807, 2.05) is 64.8 Å². The minimum Gasteiger partial charge on any atom is -0.354 e. The first kappa shape index (κ1) is 17.5. The van der Waals surface area contributed by atoms with Gasteiger partial charge in [-0.2, -0.15) is 5.10 Å². The van der Waals surface area contributed by atoms with Crippen LogP contribution < -0.4 is 10.2 Å². The molecule has 3 heterocycles. The number of rotatable bonds is 6. The molecule has 0 saturated carbocycles. The standard InChI is InChI=1S/C20H20N4O2S/c25-19-13-15(14-24(19)16-5-2-1-3-6-16)20(26)21-9-11-23-10-8-17(22-23)18-7-4-12-27-18/h1-8,10,12,15H,9,11,13-14H2,(H,21,26). The van der Waals surface area contributed by atoms with Crippen LogP contribution in [0.15, 0.2) is 60.1 Å². The highest BCUT2D eigenvalue weighted by Gasteiger charge is 2.34. The molecule has 1 fully saturated rings. The molecule has 0 radical (unpaired) electrons. The molecule has 1 N–H and O–H groups in total. The number of para-hydroxylation sites is 1. The van der Waals surface area contributed by atoms with Crippen LogP contribution >= 0.6 is 11.3 Å². The molecule has 138 valence electrons. The van der Waals surface area contributed by atoms with Crippen molar-refractivity contribution in [1.82, 2.24) is 15.1 Å². The van der Waals surface area contributed by atoms with Crippen LogP contribution in [0.25, 0.3) is 10.6 Å². The second kappa shape index (κ2) is 7.75. The number of aromatic nitrogens is 2. The van der Waals surface area contributed by atoms with E-state index in [1.165, 1.54) is 0 Å². The Kier molecular flexibility index (Phi) is 5.02. The van der Waals surface area contributed by atoms with E-state index in [2.05, 4.69) is 10.4 Å². The summed E-state index contributed by atoms with van der Waals surface area (Å²) in [5.41, 5.74) is 1.78. The number of nitrogens with zero attached hydrogens (tertiary/aromatic N) is 3. The topological polar surface area (TPSA) is 67.2 Å². The third kappa shape index (κ3) is 3.93. The number of thiophene rings is 1. The molecule has 4 rings (SSSR count). The molecule has 1 atom stereocenters. The summed E-state index contributed by atoms with van der Waals surface area (Å²) in [4.78, 5) is 27.5. The number of carbonyl (C=O) groups is 2. The van der Waals surface area contributed by atoms with Crippen molar-refractivity contribution < 1.29 is 9.59 Å². The van der Waals surface area contributed by atoms with E-state index in [0.29, 0.717) is 19.6 Å². The lowest BCUT2D eigenvalue weighted by atomic mass is 10.1. The van der Waals surface area contributed by atoms with Gasteiger partial charge in [0.25, 0.3) is 0 Å². The maximum absolute atomic E-state index is 12.4. The first-order valence-corrected chi connectivity index (χ1v) is 9.79. The van der Waals surface area contributed by atoms with Crippen LogP contribution in [0, 0.1) is 5.92 Å². The summed E-state index contributed by atoms with van der Waals surface area (Å²) in [5, 5.41) is 9.48. The lowest BCUT2D eigenvalue weighted by Gasteiger charge is -2.16. The predicted octanol–water partition coefficient (Wildman–Crippen LogP) is 2.78. The van der Waals surface area contributed by atoms with E-state index in [9.17, 15) is 9.59 Å². The van der Waals surface area contributed by atoms with E-state index in [4.69, 9.17) is 0 Å². The Balaban J connectivity index is 1.28. The molecule has 2 amide bonds. The molecule has 6 nitrogen and oxygen atoms in total. The van der Waals surface area contributed by atoms with E-state index in [1.54, 1.807) is 16.2 Å². The maximum Gasteiger partial charge on any atom is 0.227 e. The number of benzene rings is 1. The summed E-state index contributed by atoms with van der Waals surface area (Å²) in [5.74, 6) is -0.390. The van der Waals surface area contributed by atoms with Gasteiger partial charge in [-0.1, -0.05) is 24.3 Å². The van der Waals surface area contributed by atoms with Gasteiger partial charge in [0.05, 0.1) is 17.3 Å². The molecule has 7 heteroatoms. The van der Waals surface area contributed by atoms with Gasteiger partial charge >= 0.3 is 0 Å². The van der Waals surface area contributed by atoms with Crippen LogP contribution in [0.4, 0.5) is 5.69 Å². The van der Waals surface area contributed by atoms with E-state index in [-0.39, 0.29) is 24.2 Å². The Labute approximate surface area is 161 Å². The van der Waals surface area contributed by atoms with Crippen LogP contribution in [0.1, 0.15) is 6.42 Å². The highest BCUT2D eigenvalue weighted by atomic mass is 32.1. The van der Waals surface area contributed by atoms with Crippen molar-refractivity contribution >= 4 is 28.8 Å². The smallest absolute Gasteiger partial charge is 0.227 e. The summed E-state index contributed by atoms with van der Waals surface area (Å²) in [6, 6.07) is 15.5. The van der Waals surface area contributed by atoms with Crippen molar-refractivity contribution in [3.05, 3.63) is 60.1 Å². The maximum atomic E-state index is 12.4. The molecule has 1 aliphatic rings. The van der Waals surface area contributed by atoms with Crippen molar-refractivity contribution in [2.24, 2.45) is 5.92 Å². The SMILES string of the molecule is O=C(NCCn1ccc(-c2cccs2)n1)C1CC(=O)N(c2ccccc2)C1. The fourth-order valence-electron chi connectivity index (χ4n) is 3.22. The van der Waals surface area contributed by atoms with Crippen molar-refractivity contribution in [1.29, 1.82) is 0 Å². The first-order valence-electron chi connectivity index (χ1n) is 8.91. The molecular formula is C20H20N4O2S. The van der Waals surface area contributed by atoms with Gasteiger partial charge in [0, 0.05) is 31.4 Å². The fraction of sp³-hybridized carbons (Fsp3) is 0.250. The van der Waals surface area contributed by atoms with Crippen LogP contribution in [0.3, 0.4) is 0 Å². The Hall–Kier alpha value is -2.93. The molecule has 27 heavy (non-hydrogen) atoms. The molecule has 0 aliphatic carbocycles. The zero-order chi connectivity index (χ0) is 18.6. The van der Waals surface area contributed by atoms with Gasteiger partial charge in [-0.15, -0.1) is 11.3 Å². The molecule has 2 aromatic heterocycles. The summed E-state index contributed by atoms with van der Waals surface area (Å²) in [6.07, 6.45) is 2.17. The molecule has 1 aliphatic heterocycles. The van der Waals surface area contributed by atoms with Gasteiger partial charge in [0.15, 0.2) is 0 Å². The van der Waals surface area contributed by atoms with Gasteiger partial charge in [0.1, 0.15) is 5.69 Å². The zero-order valence-electron chi connectivity index (χ0n) is 14.7. The second-order valence-corrected chi connectivity index (χ2v) is 7.42. The Morgan fingerprint density at radius 2 is 2.04 bits per heavy atom. The predicted molar refractivity (Wildman–Crippen MR) is 105 cm³/mol. The molecule has 3 aromatic rings. The summed E-state index contributed by atoms with van der Waals surface area (Å²) >= 11 is 1.65. The van der Waals surface area contributed by atoms with Crippen LogP contribution in [0.2, 0.25) is 0 Å². The number of hydrogen-bond donors (Lipinski definition) is 1. The Morgan fingerprint density at radius 3 is 2.81 bits per heavy atom. The molecule has 1 aromatic carbocycles. The van der Waals surface area contributed by atoms with Crippen molar-refractivity contribution in [3.63, 3.8) is 0 Å². The fourth-order valence-corrected chi connectivity index (χ4v) is 3.91. The van der Waals surface area contributed by atoms with Crippen molar-refractivity contribution in [3.8, 4) is 10.6 Å². The summed E-state index contributed by atoms with van der Waals surface area (Å²) in [7, 11) is 0. The summed E-state index contributed by atoms with van der Waals surface area (Å²) in [6.45, 7) is 1.51. The lowest BCUT2D eigenvalue weighted by molar-refractivity contribution is -0.126. The van der Waals surface area contributed by atoms with Gasteiger partial charge in [-0.25, -0.2) is 0 Å². The normalized spacial score (nSPS) is 16.7. The van der Waals surface area contributed by atoms with Crippen molar-refractivity contribution in [2.75, 3.05) is 18.0 Å². The van der Waals surface area contributed by atoms with E-state index >= 15 is 0 Å². The zero-order valence-corrected chi connectivity index (χ0v) is 15.6. The molecule has 1 saturated heterocycles. The Bertz CT molecular complexity index is 921. The number of carbonyl (C=O) groups excluding carboxylic acids is 2. The van der Waals surface area contributed by atoms with Crippen LogP contribution in [-0.2, 0) is 16.1 Å². The molecule has 1 unspecified atom stereocenters. The highest BCUT2D eigenvalue weighted by Crippen LogP contribution is 2.25. The minimum absolute atomic E-state index is 0.00554. The van der Waals surface area contributed by atoms with Gasteiger partial charge in [-0.05, 0) is 29.6 Å². The summed E-state index contributed by atoms with van der Waals surface area (Å²) < 4.78 is 1.82. The van der Waals surface area contributed by atoms with Crippen LogP contribution in [0.5, 0.6) is 0 Å². The third-order valence-electron chi connectivity index (χ3n) is 4.62. The average Bonchev–Trinajstić information content (AvgIpc) is 3.43. The monoisotopic (exact) mass is 380 g/mol. The number of anilines is 1. The number of amides is 2. The van der Waals surface area contributed by atoms with E-state index in [0.717, 1.165) is 16.3 Å². The number of hydrogen-bond acceptors (Lipinski definition) is 4.